The first kappa shape index (κ1) is 10.7. The maximum Gasteiger partial charge on any atom is 0.324 e. The molecule has 0 aliphatic rings. The van der Waals surface area contributed by atoms with Crippen LogP contribution in [0.2, 0.25) is 0 Å². The van der Waals surface area contributed by atoms with Crippen molar-refractivity contribution in [2.24, 2.45) is 5.11 Å². The summed E-state index contributed by atoms with van der Waals surface area (Å²) >= 11 is 0. The normalized spacial score (nSPS) is 10.2. The van der Waals surface area contributed by atoms with E-state index in [0.29, 0.717) is 4.31 Å². The van der Waals surface area contributed by atoms with Gasteiger partial charge in [-0.3, -0.25) is 4.79 Å². The van der Waals surface area contributed by atoms with Crippen LogP contribution in [0.1, 0.15) is 6.92 Å². The molecule has 0 bridgehead atoms. The number of urea groups is 1. The number of azide groups is 1. The van der Waals surface area contributed by atoms with Crippen LogP contribution in [-0.2, 0) is 10.0 Å². The molecule has 0 aromatic heterocycles. The lowest BCUT2D eigenvalue weighted by Crippen LogP contribution is -2.33. The topological polar surface area (TPSA) is 103 Å². The second-order valence-electron chi connectivity index (χ2n) is 1.90. The minimum Gasteiger partial charge on any atom is -0.266 e. The van der Waals surface area contributed by atoms with Crippen LogP contribution in [0.5, 0.6) is 0 Å². The first-order valence-electron chi connectivity index (χ1n) is 3.00. The molecule has 2 amide bonds. The first-order chi connectivity index (χ1) is 5.43. The van der Waals surface area contributed by atoms with Gasteiger partial charge in [0.2, 0.25) is 10.0 Å². The summed E-state index contributed by atoms with van der Waals surface area (Å²) in [7, 11) is -3.62. The lowest BCUT2D eigenvalue weighted by Gasteiger charge is -2.14. The second-order valence-corrected chi connectivity index (χ2v) is 3.81. The van der Waals surface area contributed by atoms with E-state index in [1.54, 1.807) is 0 Å². The van der Waals surface area contributed by atoms with Crippen LogP contribution >= 0.6 is 0 Å². The summed E-state index contributed by atoms with van der Waals surface area (Å²) in [6, 6.07) is -1.11. The summed E-state index contributed by atoms with van der Waals surface area (Å²) in [5, 5.41) is 2.65. The molecule has 0 atom stereocenters. The van der Waals surface area contributed by atoms with E-state index < -0.39 is 16.1 Å². The lowest BCUT2D eigenvalue weighted by atomic mass is 10.7. The van der Waals surface area contributed by atoms with Gasteiger partial charge in [-0.1, -0.05) is 0 Å². The van der Waals surface area contributed by atoms with Gasteiger partial charge >= 0.3 is 6.03 Å². The van der Waals surface area contributed by atoms with Crippen LogP contribution in [0.15, 0.2) is 5.11 Å². The van der Waals surface area contributed by atoms with Gasteiger partial charge in [-0.25, -0.2) is 12.7 Å². The first-order valence-corrected chi connectivity index (χ1v) is 4.85. The second kappa shape index (κ2) is 3.93. The number of amides is 2. The van der Waals surface area contributed by atoms with Crippen molar-refractivity contribution in [1.29, 1.82) is 0 Å². The van der Waals surface area contributed by atoms with Gasteiger partial charge in [0.25, 0.3) is 0 Å². The highest BCUT2D eigenvalue weighted by atomic mass is 32.2. The van der Waals surface area contributed by atoms with Crippen LogP contribution in [-0.4, -0.2) is 31.6 Å². The number of carbonyl (C=O) groups excluding carboxylic acids is 1. The van der Waals surface area contributed by atoms with Crippen molar-refractivity contribution in [2.45, 2.75) is 6.92 Å². The molecule has 0 aliphatic carbocycles. The van der Waals surface area contributed by atoms with Crippen molar-refractivity contribution < 1.29 is 13.2 Å². The standard InChI is InChI=1S/C4H8N4O3S/c1-3-8(12(2,10)11)4(9)6-7-5/h3H2,1-2H3. The molecule has 0 saturated heterocycles. The average Bonchev–Trinajstić information content (AvgIpc) is 1.85. The highest BCUT2D eigenvalue weighted by molar-refractivity contribution is 7.88. The van der Waals surface area contributed by atoms with Gasteiger partial charge in [-0.15, -0.1) is 0 Å². The zero-order valence-electron chi connectivity index (χ0n) is 6.63. The molecule has 0 fully saturated rings. The van der Waals surface area contributed by atoms with Gasteiger partial charge in [0.15, 0.2) is 0 Å². The summed E-state index contributed by atoms with van der Waals surface area (Å²) in [6.07, 6.45) is 0.862. The molecule has 68 valence electrons. The van der Waals surface area contributed by atoms with Crippen LogP contribution in [0.4, 0.5) is 4.79 Å². The number of rotatable bonds is 2. The maximum atomic E-state index is 10.8. The van der Waals surface area contributed by atoms with Gasteiger partial charge in [0.05, 0.1) is 6.26 Å². The fourth-order valence-corrected chi connectivity index (χ4v) is 1.39. The molecule has 12 heavy (non-hydrogen) atoms. The highest BCUT2D eigenvalue weighted by Crippen LogP contribution is 2.00. The van der Waals surface area contributed by atoms with Crippen LogP contribution in [0.25, 0.3) is 10.4 Å². The molecule has 0 heterocycles. The van der Waals surface area contributed by atoms with Crippen LogP contribution < -0.4 is 0 Å². The van der Waals surface area contributed by atoms with E-state index in [1.165, 1.54) is 6.92 Å². The molecule has 0 radical (unpaired) electrons. The van der Waals surface area contributed by atoms with Crippen molar-refractivity contribution >= 4 is 16.1 Å². The van der Waals surface area contributed by atoms with Crippen molar-refractivity contribution in [3.63, 3.8) is 0 Å². The monoisotopic (exact) mass is 192 g/mol. The molecule has 8 heteroatoms. The molecule has 0 rings (SSSR count). The third-order valence-corrected chi connectivity index (χ3v) is 2.25. The smallest absolute Gasteiger partial charge is 0.266 e. The number of nitrogens with zero attached hydrogens (tertiary/aromatic N) is 4. The fourth-order valence-electron chi connectivity index (χ4n) is 0.600. The van der Waals surface area contributed by atoms with Crippen molar-refractivity contribution in [3.05, 3.63) is 10.4 Å². The molecule has 0 spiro atoms. The average molecular weight is 192 g/mol. The summed E-state index contributed by atoms with van der Waals surface area (Å²) in [6.45, 7) is 1.42. The molecule has 0 unspecified atom stereocenters. The highest BCUT2D eigenvalue weighted by Gasteiger charge is 2.19. The van der Waals surface area contributed by atoms with Gasteiger partial charge < -0.3 is 0 Å². The summed E-state index contributed by atoms with van der Waals surface area (Å²) in [4.78, 5) is 12.9. The Morgan fingerprint density at radius 3 is 2.42 bits per heavy atom. The van der Waals surface area contributed by atoms with Gasteiger partial charge in [0.1, 0.15) is 0 Å². The Hall–Kier alpha value is -1.27. The minimum absolute atomic E-state index is 0.0450. The van der Waals surface area contributed by atoms with Gasteiger partial charge in [-0.05, 0) is 12.5 Å². The Labute approximate surface area is 69.6 Å². The lowest BCUT2D eigenvalue weighted by molar-refractivity contribution is 0.233. The van der Waals surface area contributed by atoms with E-state index in [1.807, 2.05) is 0 Å². The largest absolute Gasteiger partial charge is 0.324 e. The van der Waals surface area contributed by atoms with E-state index in [2.05, 4.69) is 10.0 Å². The SMILES string of the molecule is CCN(C(=O)N=[N+]=[N-])S(C)(=O)=O. The third kappa shape index (κ3) is 2.77. The summed E-state index contributed by atoms with van der Waals surface area (Å²) < 4.78 is 22.1. The van der Waals surface area contributed by atoms with E-state index >= 15 is 0 Å². The zero-order valence-corrected chi connectivity index (χ0v) is 7.45. The van der Waals surface area contributed by atoms with E-state index in [9.17, 15) is 13.2 Å². The number of hydrogen-bond acceptors (Lipinski definition) is 3. The van der Waals surface area contributed by atoms with E-state index in [-0.39, 0.29) is 6.54 Å². The van der Waals surface area contributed by atoms with Gasteiger partial charge in [-0.2, -0.15) is 0 Å². The van der Waals surface area contributed by atoms with Crippen LogP contribution in [0, 0.1) is 0 Å². The minimum atomic E-state index is -3.62. The Morgan fingerprint density at radius 2 is 2.17 bits per heavy atom. The van der Waals surface area contributed by atoms with Crippen molar-refractivity contribution in [3.8, 4) is 0 Å². The maximum absolute atomic E-state index is 10.8. The molecular formula is C4H8N4O3S. The predicted molar refractivity (Wildman–Crippen MR) is 41.8 cm³/mol. The quantitative estimate of drug-likeness (QED) is 0.365. The molecule has 0 aromatic rings. The number of sulfonamides is 1. The van der Waals surface area contributed by atoms with Crippen molar-refractivity contribution in [1.82, 2.24) is 4.31 Å². The molecule has 0 aliphatic heterocycles. The number of hydrogen-bond donors (Lipinski definition) is 0. The fraction of sp³-hybridized carbons (Fsp3) is 0.750. The van der Waals surface area contributed by atoms with Gasteiger partial charge in [0, 0.05) is 16.6 Å². The van der Waals surface area contributed by atoms with Crippen molar-refractivity contribution in [2.75, 3.05) is 12.8 Å². The Kier molecular flexibility index (Phi) is 3.52. The molecular weight excluding hydrogens is 184 g/mol. The summed E-state index contributed by atoms with van der Waals surface area (Å²) in [5.41, 5.74) is 7.86. The Balaban J connectivity index is 4.82. The van der Waals surface area contributed by atoms with E-state index in [4.69, 9.17) is 5.53 Å². The molecule has 0 N–H and O–H groups in total. The molecule has 0 saturated carbocycles. The van der Waals surface area contributed by atoms with E-state index in [0.717, 1.165) is 6.26 Å². The summed E-state index contributed by atoms with van der Waals surface area (Å²) in [5.74, 6) is 0. The Bertz CT molecular complexity index is 315. The molecule has 7 nitrogen and oxygen atoms in total. The Morgan fingerprint density at radius 1 is 1.67 bits per heavy atom. The predicted octanol–water partition coefficient (Wildman–Crippen LogP) is 0.698. The molecule has 0 aromatic carbocycles. The third-order valence-electron chi connectivity index (χ3n) is 1.03. The van der Waals surface area contributed by atoms with Crippen LogP contribution in [0.3, 0.4) is 0 Å². The zero-order chi connectivity index (χ0) is 9.78. The number of carbonyl (C=O) groups is 1.